The second-order valence-electron chi connectivity index (χ2n) is 4.10. The van der Waals surface area contributed by atoms with Gasteiger partial charge in [0.2, 0.25) is 0 Å². The third-order valence-corrected chi connectivity index (χ3v) is 3.54. The lowest BCUT2D eigenvalue weighted by Gasteiger charge is -2.14. The fourth-order valence-electron chi connectivity index (χ4n) is 1.66. The minimum atomic E-state index is -2.90. The van der Waals surface area contributed by atoms with Gasteiger partial charge in [0, 0.05) is 12.3 Å². The topological polar surface area (TPSA) is 46.2 Å². The minimum absolute atomic E-state index is 0.0372. The molecule has 0 aromatic heterocycles. The largest absolute Gasteiger partial charge is 0.316 e. The van der Waals surface area contributed by atoms with Crippen LogP contribution in [-0.2, 0) is 16.3 Å². The molecule has 0 amide bonds. The molecule has 0 saturated carbocycles. The van der Waals surface area contributed by atoms with Crippen LogP contribution in [0.2, 0.25) is 0 Å². The Morgan fingerprint density at radius 1 is 1.25 bits per heavy atom. The Bertz CT molecular complexity index is 400. The summed E-state index contributed by atoms with van der Waals surface area (Å²) in [5, 5.41) is 3.05. The van der Waals surface area contributed by atoms with Gasteiger partial charge in [0.25, 0.3) is 0 Å². The monoisotopic (exact) mass is 241 g/mol. The molecule has 1 unspecified atom stereocenters. The van der Waals surface area contributed by atoms with Crippen molar-refractivity contribution in [1.29, 1.82) is 0 Å². The molecule has 1 rings (SSSR count). The maximum Gasteiger partial charge on any atom is 0.148 e. The number of sulfone groups is 1. The predicted octanol–water partition coefficient (Wildman–Crippen LogP) is 1.25. The van der Waals surface area contributed by atoms with Crippen molar-refractivity contribution < 1.29 is 8.42 Å². The Morgan fingerprint density at radius 2 is 1.88 bits per heavy atom. The molecule has 0 fully saturated rings. The van der Waals surface area contributed by atoms with Crippen molar-refractivity contribution in [3.8, 4) is 0 Å². The lowest BCUT2D eigenvalue weighted by molar-refractivity contribution is 0.544. The first kappa shape index (κ1) is 13.2. The molecule has 16 heavy (non-hydrogen) atoms. The van der Waals surface area contributed by atoms with Crippen molar-refractivity contribution in [3.05, 3.63) is 35.9 Å². The van der Waals surface area contributed by atoms with Gasteiger partial charge >= 0.3 is 0 Å². The predicted molar refractivity (Wildman–Crippen MR) is 67.3 cm³/mol. The zero-order valence-corrected chi connectivity index (χ0v) is 10.6. The molecular formula is C12H19NO2S. The average Bonchev–Trinajstić information content (AvgIpc) is 2.24. The quantitative estimate of drug-likeness (QED) is 0.815. The number of hydrogen-bond acceptors (Lipinski definition) is 3. The van der Waals surface area contributed by atoms with Gasteiger partial charge in [-0.1, -0.05) is 30.3 Å². The summed E-state index contributed by atoms with van der Waals surface area (Å²) >= 11 is 0. The second kappa shape index (κ2) is 6.01. The molecule has 0 heterocycles. The number of benzene rings is 1. The summed E-state index contributed by atoms with van der Waals surface area (Å²) in [5.74, 6) is 0.205. The minimum Gasteiger partial charge on any atom is -0.316 e. The van der Waals surface area contributed by atoms with Crippen molar-refractivity contribution in [2.45, 2.75) is 18.9 Å². The van der Waals surface area contributed by atoms with Gasteiger partial charge in [0.1, 0.15) is 9.84 Å². The number of aryl methyl sites for hydroxylation is 1. The first-order valence-electron chi connectivity index (χ1n) is 5.40. The van der Waals surface area contributed by atoms with Crippen LogP contribution in [0.15, 0.2) is 30.3 Å². The Balaban J connectivity index is 2.46. The summed E-state index contributed by atoms with van der Waals surface area (Å²) in [4.78, 5) is 0. The summed E-state index contributed by atoms with van der Waals surface area (Å²) in [6.07, 6.45) is 3.02. The van der Waals surface area contributed by atoms with Crippen LogP contribution >= 0.6 is 0 Å². The molecule has 4 heteroatoms. The first-order chi connectivity index (χ1) is 7.51. The van der Waals surface area contributed by atoms with Crippen LogP contribution < -0.4 is 5.32 Å². The molecule has 1 N–H and O–H groups in total. The first-order valence-corrected chi connectivity index (χ1v) is 7.46. The molecule has 0 bridgehead atoms. The molecule has 0 radical (unpaired) electrons. The van der Waals surface area contributed by atoms with Gasteiger partial charge in [-0.25, -0.2) is 8.42 Å². The Labute approximate surface area is 97.8 Å². The molecule has 0 spiro atoms. The van der Waals surface area contributed by atoms with E-state index in [1.54, 1.807) is 7.05 Å². The fraction of sp³-hybridized carbons (Fsp3) is 0.500. The highest BCUT2D eigenvalue weighted by Gasteiger charge is 2.13. The molecule has 3 nitrogen and oxygen atoms in total. The smallest absolute Gasteiger partial charge is 0.148 e. The van der Waals surface area contributed by atoms with Crippen LogP contribution in [0, 0.1) is 0 Å². The number of rotatable bonds is 6. The highest BCUT2D eigenvalue weighted by Crippen LogP contribution is 2.06. The zero-order valence-electron chi connectivity index (χ0n) is 9.81. The van der Waals surface area contributed by atoms with E-state index in [-0.39, 0.29) is 11.8 Å². The van der Waals surface area contributed by atoms with Crippen LogP contribution in [0.1, 0.15) is 12.0 Å². The molecule has 0 aliphatic carbocycles. The van der Waals surface area contributed by atoms with Gasteiger partial charge in [-0.2, -0.15) is 0 Å². The Morgan fingerprint density at radius 3 is 2.38 bits per heavy atom. The maximum absolute atomic E-state index is 11.2. The highest BCUT2D eigenvalue weighted by atomic mass is 32.2. The lowest BCUT2D eigenvalue weighted by Crippen LogP contribution is -2.33. The fourth-order valence-corrected chi connectivity index (χ4v) is 2.73. The van der Waals surface area contributed by atoms with Gasteiger partial charge in [-0.05, 0) is 25.5 Å². The SMILES string of the molecule is CNC(CCc1ccccc1)CS(C)(=O)=O. The van der Waals surface area contributed by atoms with Gasteiger partial charge in [-0.3, -0.25) is 0 Å². The summed E-state index contributed by atoms with van der Waals surface area (Å²) in [5.41, 5.74) is 1.25. The number of hydrogen-bond donors (Lipinski definition) is 1. The molecule has 0 aliphatic heterocycles. The van der Waals surface area contributed by atoms with E-state index < -0.39 is 9.84 Å². The highest BCUT2D eigenvalue weighted by molar-refractivity contribution is 7.90. The van der Waals surface area contributed by atoms with Gasteiger partial charge < -0.3 is 5.32 Å². The van der Waals surface area contributed by atoms with E-state index >= 15 is 0 Å². The van der Waals surface area contributed by atoms with E-state index in [9.17, 15) is 8.42 Å². The lowest BCUT2D eigenvalue weighted by atomic mass is 10.1. The summed E-state index contributed by atoms with van der Waals surface area (Å²) in [7, 11) is -1.10. The van der Waals surface area contributed by atoms with Crippen molar-refractivity contribution in [3.63, 3.8) is 0 Å². The second-order valence-corrected chi connectivity index (χ2v) is 6.29. The van der Waals surface area contributed by atoms with Gasteiger partial charge in [-0.15, -0.1) is 0 Å². The standard InChI is InChI=1S/C12H19NO2S/c1-13-12(10-16(2,14)15)9-8-11-6-4-3-5-7-11/h3-7,12-13H,8-10H2,1-2H3. The molecule has 0 saturated heterocycles. The summed E-state index contributed by atoms with van der Waals surface area (Å²) < 4.78 is 22.3. The summed E-state index contributed by atoms with van der Waals surface area (Å²) in [6.45, 7) is 0. The van der Waals surface area contributed by atoms with E-state index in [1.807, 2.05) is 18.2 Å². The van der Waals surface area contributed by atoms with Crippen molar-refractivity contribution in [2.75, 3.05) is 19.1 Å². The zero-order chi connectivity index (χ0) is 12.0. The summed E-state index contributed by atoms with van der Waals surface area (Å²) in [6, 6.07) is 10.1. The van der Waals surface area contributed by atoms with Gasteiger partial charge in [0.15, 0.2) is 0 Å². The number of nitrogens with one attached hydrogen (secondary N) is 1. The molecular weight excluding hydrogens is 222 g/mol. The van der Waals surface area contributed by atoms with Crippen LogP contribution in [0.4, 0.5) is 0 Å². The maximum atomic E-state index is 11.2. The van der Waals surface area contributed by atoms with E-state index in [4.69, 9.17) is 0 Å². The van der Waals surface area contributed by atoms with Crippen molar-refractivity contribution in [2.24, 2.45) is 0 Å². The molecule has 1 atom stereocenters. The molecule has 0 aliphatic rings. The van der Waals surface area contributed by atoms with Gasteiger partial charge in [0.05, 0.1) is 5.75 Å². The normalized spacial score (nSPS) is 13.6. The van der Waals surface area contributed by atoms with E-state index in [1.165, 1.54) is 11.8 Å². The Kier molecular flexibility index (Phi) is 4.96. The average molecular weight is 241 g/mol. The van der Waals surface area contributed by atoms with E-state index in [0.717, 1.165) is 12.8 Å². The third-order valence-electron chi connectivity index (χ3n) is 2.54. The molecule has 1 aromatic carbocycles. The van der Waals surface area contributed by atoms with Crippen LogP contribution in [0.5, 0.6) is 0 Å². The van der Waals surface area contributed by atoms with Crippen LogP contribution in [-0.4, -0.2) is 33.5 Å². The Hall–Kier alpha value is -0.870. The molecule has 90 valence electrons. The van der Waals surface area contributed by atoms with Crippen molar-refractivity contribution >= 4 is 9.84 Å². The van der Waals surface area contributed by atoms with Crippen LogP contribution in [0.3, 0.4) is 0 Å². The van der Waals surface area contributed by atoms with Crippen LogP contribution in [0.25, 0.3) is 0 Å². The third kappa shape index (κ3) is 5.28. The van der Waals surface area contributed by atoms with Crippen molar-refractivity contribution in [1.82, 2.24) is 5.32 Å². The molecule has 1 aromatic rings. The van der Waals surface area contributed by atoms with E-state index in [2.05, 4.69) is 17.4 Å². The van der Waals surface area contributed by atoms with E-state index in [0.29, 0.717) is 0 Å².